The van der Waals surface area contributed by atoms with E-state index >= 15 is 0 Å². The molecule has 0 bridgehead atoms. The fourth-order valence-electron chi connectivity index (χ4n) is 2.06. The van der Waals surface area contributed by atoms with E-state index in [0.717, 1.165) is 18.8 Å². The summed E-state index contributed by atoms with van der Waals surface area (Å²) in [6, 6.07) is 2.87. The first kappa shape index (κ1) is 10.7. The summed E-state index contributed by atoms with van der Waals surface area (Å²) in [5.74, 6) is 0. The number of aromatic nitrogens is 2. The van der Waals surface area contributed by atoms with Crippen molar-refractivity contribution in [3.8, 4) is 0 Å². The fraction of sp³-hybridized carbons (Fsp3) is 0.750. The summed E-state index contributed by atoms with van der Waals surface area (Å²) >= 11 is 0. The number of aryl methyl sites for hydroxylation is 2. The van der Waals surface area contributed by atoms with Crippen molar-refractivity contribution in [1.82, 2.24) is 15.1 Å². The first-order chi connectivity index (χ1) is 7.03. The molecule has 15 heavy (non-hydrogen) atoms. The standard InChI is InChI=1S/C12H21N3/c1-5-15-10(6-9(2)14-15)8-13-11-7-12(11,3)4/h6,11,13H,5,7-8H2,1-4H3. The lowest BCUT2D eigenvalue weighted by Crippen LogP contribution is -2.21. The Morgan fingerprint density at radius 3 is 2.80 bits per heavy atom. The SMILES string of the molecule is CCn1nc(C)cc1CNC1CC1(C)C. The zero-order valence-electron chi connectivity index (χ0n) is 10.2. The van der Waals surface area contributed by atoms with E-state index in [4.69, 9.17) is 0 Å². The average Bonchev–Trinajstić information content (AvgIpc) is 2.61. The van der Waals surface area contributed by atoms with Crippen LogP contribution in [-0.4, -0.2) is 15.8 Å². The Balaban J connectivity index is 1.93. The highest BCUT2D eigenvalue weighted by Crippen LogP contribution is 2.44. The summed E-state index contributed by atoms with van der Waals surface area (Å²) in [5, 5.41) is 8.03. The number of rotatable bonds is 4. The lowest BCUT2D eigenvalue weighted by atomic mass is 10.2. The molecule has 1 unspecified atom stereocenters. The van der Waals surface area contributed by atoms with E-state index in [9.17, 15) is 0 Å². The Hall–Kier alpha value is -0.830. The summed E-state index contributed by atoms with van der Waals surface area (Å²) in [6.07, 6.45) is 1.30. The van der Waals surface area contributed by atoms with E-state index in [1.165, 1.54) is 12.1 Å². The minimum Gasteiger partial charge on any atom is -0.308 e. The highest BCUT2D eigenvalue weighted by Gasteiger charge is 2.45. The van der Waals surface area contributed by atoms with Crippen LogP contribution in [0.15, 0.2) is 6.07 Å². The highest BCUT2D eigenvalue weighted by atomic mass is 15.3. The van der Waals surface area contributed by atoms with E-state index in [2.05, 4.69) is 48.9 Å². The Kier molecular flexibility index (Phi) is 2.59. The minimum absolute atomic E-state index is 0.506. The molecule has 1 aromatic rings. The van der Waals surface area contributed by atoms with Gasteiger partial charge >= 0.3 is 0 Å². The van der Waals surface area contributed by atoms with Crippen LogP contribution in [0, 0.1) is 12.3 Å². The minimum atomic E-state index is 0.506. The lowest BCUT2D eigenvalue weighted by molar-refractivity contribution is 0.519. The molecule has 0 aromatic carbocycles. The molecule has 1 N–H and O–H groups in total. The van der Waals surface area contributed by atoms with Crippen LogP contribution >= 0.6 is 0 Å². The van der Waals surface area contributed by atoms with Crippen LogP contribution in [0.2, 0.25) is 0 Å². The lowest BCUT2D eigenvalue weighted by Gasteiger charge is -2.07. The molecule has 1 aliphatic carbocycles. The smallest absolute Gasteiger partial charge is 0.0597 e. The molecule has 1 saturated carbocycles. The first-order valence-corrected chi connectivity index (χ1v) is 5.79. The number of nitrogens with one attached hydrogen (secondary N) is 1. The van der Waals surface area contributed by atoms with Gasteiger partial charge in [0.05, 0.1) is 11.4 Å². The molecule has 0 saturated heterocycles. The predicted molar refractivity (Wildman–Crippen MR) is 61.7 cm³/mol. The molecule has 1 atom stereocenters. The maximum Gasteiger partial charge on any atom is 0.0597 e. The maximum absolute atomic E-state index is 4.44. The van der Waals surface area contributed by atoms with Crippen LogP contribution in [0.25, 0.3) is 0 Å². The van der Waals surface area contributed by atoms with Crippen molar-refractivity contribution in [2.24, 2.45) is 5.41 Å². The Labute approximate surface area is 91.9 Å². The zero-order valence-corrected chi connectivity index (χ0v) is 10.2. The normalized spacial score (nSPS) is 23.1. The topological polar surface area (TPSA) is 29.9 Å². The quantitative estimate of drug-likeness (QED) is 0.819. The largest absolute Gasteiger partial charge is 0.308 e. The van der Waals surface area contributed by atoms with E-state index in [0.29, 0.717) is 11.5 Å². The number of hydrogen-bond acceptors (Lipinski definition) is 2. The van der Waals surface area contributed by atoms with Gasteiger partial charge < -0.3 is 5.32 Å². The second-order valence-electron chi connectivity index (χ2n) is 5.22. The van der Waals surface area contributed by atoms with Gasteiger partial charge in [-0.3, -0.25) is 4.68 Å². The van der Waals surface area contributed by atoms with E-state index in [-0.39, 0.29) is 0 Å². The van der Waals surface area contributed by atoms with Gasteiger partial charge in [-0.25, -0.2) is 0 Å². The van der Waals surface area contributed by atoms with Crippen LogP contribution in [0.5, 0.6) is 0 Å². The molecule has 1 fully saturated rings. The van der Waals surface area contributed by atoms with E-state index < -0.39 is 0 Å². The summed E-state index contributed by atoms with van der Waals surface area (Å²) in [6.45, 7) is 10.7. The van der Waals surface area contributed by atoms with Crippen molar-refractivity contribution in [3.05, 3.63) is 17.5 Å². The summed E-state index contributed by atoms with van der Waals surface area (Å²) < 4.78 is 2.08. The Bertz CT molecular complexity index is 352. The third kappa shape index (κ3) is 2.23. The molecule has 1 aromatic heterocycles. The zero-order chi connectivity index (χ0) is 11.1. The Morgan fingerprint density at radius 2 is 2.27 bits per heavy atom. The van der Waals surface area contributed by atoms with Gasteiger partial charge in [0.15, 0.2) is 0 Å². The van der Waals surface area contributed by atoms with Crippen molar-refractivity contribution in [1.29, 1.82) is 0 Å². The summed E-state index contributed by atoms with van der Waals surface area (Å²) in [4.78, 5) is 0. The summed E-state index contributed by atoms with van der Waals surface area (Å²) in [7, 11) is 0. The monoisotopic (exact) mass is 207 g/mol. The second-order valence-corrected chi connectivity index (χ2v) is 5.22. The second kappa shape index (κ2) is 3.63. The van der Waals surface area contributed by atoms with Crippen LogP contribution in [-0.2, 0) is 13.1 Å². The average molecular weight is 207 g/mol. The molecule has 0 spiro atoms. The van der Waals surface area contributed by atoms with Crippen LogP contribution in [0.1, 0.15) is 38.6 Å². The van der Waals surface area contributed by atoms with Crippen molar-refractivity contribution >= 4 is 0 Å². The molecule has 0 radical (unpaired) electrons. The van der Waals surface area contributed by atoms with Crippen molar-refractivity contribution in [2.45, 2.75) is 53.2 Å². The molecule has 2 rings (SSSR count). The van der Waals surface area contributed by atoms with Crippen molar-refractivity contribution in [2.75, 3.05) is 0 Å². The van der Waals surface area contributed by atoms with Gasteiger partial charge in [0.25, 0.3) is 0 Å². The Morgan fingerprint density at radius 1 is 1.60 bits per heavy atom. The summed E-state index contributed by atoms with van der Waals surface area (Å²) in [5.41, 5.74) is 2.92. The number of nitrogens with zero attached hydrogens (tertiary/aromatic N) is 2. The van der Waals surface area contributed by atoms with Gasteiger partial charge in [-0.2, -0.15) is 5.10 Å². The molecule has 0 amide bonds. The van der Waals surface area contributed by atoms with Gasteiger partial charge in [-0.1, -0.05) is 13.8 Å². The molecule has 1 aliphatic rings. The molecule has 3 nitrogen and oxygen atoms in total. The molecule has 0 aliphatic heterocycles. The highest BCUT2D eigenvalue weighted by molar-refractivity contribution is 5.10. The van der Waals surface area contributed by atoms with Gasteiger partial charge in [0.1, 0.15) is 0 Å². The molecular weight excluding hydrogens is 186 g/mol. The predicted octanol–water partition coefficient (Wildman–Crippen LogP) is 2.10. The third-order valence-corrected chi connectivity index (χ3v) is 3.33. The molecule has 3 heteroatoms. The molecule has 84 valence electrons. The fourth-order valence-corrected chi connectivity index (χ4v) is 2.06. The van der Waals surface area contributed by atoms with Crippen LogP contribution in [0.4, 0.5) is 0 Å². The van der Waals surface area contributed by atoms with Crippen LogP contribution < -0.4 is 5.32 Å². The first-order valence-electron chi connectivity index (χ1n) is 5.79. The van der Waals surface area contributed by atoms with Crippen molar-refractivity contribution in [3.63, 3.8) is 0 Å². The molecular formula is C12H21N3. The van der Waals surface area contributed by atoms with Gasteiger partial charge in [-0.05, 0) is 31.7 Å². The van der Waals surface area contributed by atoms with Gasteiger partial charge in [0.2, 0.25) is 0 Å². The number of hydrogen-bond donors (Lipinski definition) is 1. The molecule has 1 heterocycles. The van der Waals surface area contributed by atoms with Crippen LogP contribution in [0.3, 0.4) is 0 Å². The third-order valence-electron chi connectivity index (χ3n) is 3.33. The van der Waals surface area contributed by atoms with E-state index in [1.807, 2.05) is 0 Å². The van der Waals surface area contributed by atoms with Gasteiger partial charge in [-0.15, -0.1) is 0 Å². The maximum atomic E-state index is 4.44. The van der Waals surface area contributed by atoms with E-state index in [1.54, 1.807) is 0 Å². The van der Waals surface area contributed by atoms with Crippen molar-refractivity contribution < 1.29 is 0 Å². The van der Waals surface area contributed by atoms with Gasteiger partial charge in [0, 0.05) is 19.1 Å².